The summed E-state index contributed by atoms with van der Waals surface area (Å²) >= 11 is 0. The van der Waals surface area contributed by atoms with Crippen molar-refractivity contribution >= 4 is 39.3 Å². The number of aliphatic carboxylic acids is 1. The summed E-state index contributed by atoms with van der Waals surface area (Å²) in [6.45, 7) is 5.79. The molecule has 1 aromatic carbocycles. The summed E-state index contributed by atoms with van der Waals surface area (Å²) in [5.74, 6) is -1.51. The van der Waals surface area contributed by atoms with E-state index >= 15 is 0 Å². The Morgan fingerprint density at radius 3 is 2.60 bits per heavy atom. The number of aromatic nitrogens is 2. The highest BCUT2D eigenvalue weighted by Gasteiger charge is 2.38. The molecule has 1 fully saturated rings. The Balaban J connectivity index is 1.38. The largest absolute Gasteiger partial charge is 0.480 e. The SMILES string of the molecule is CCS(=O)(=O)NC(Cc1cc(C2C(C)CCN2C(=O)Cc2ccc(NC(=O)Nc3ccccc3C)cn2)no1)C(=O)O. The van der Waals surface area contributed by atoms with Gasteiger partial charge in [0.15, 0.2) is 0 Å². The number of carbonyl (C=O) groups excluding carboxylic acids is 2. The molecule has 224 valence electrons. The number of benzene rings is 1. The number of rotatable bonds is 11. The molecule has 3 atom stereocenters. The maximum Gasteiger partial charge on any atom is 0.323 e. The minimum atomic E-state index is -3.75. The standard InChI is InChI=1S/C28H34N6O7S/c1-4-42(39,40)33-24(27(36)37)15-21-14-23(32-41-21)26-18(3)11-12-34(26)25(35)13-19-9-10-20(16-29-19)30-28(38)31-22-8-6-5-7-17(22)2/h5-10,14,16,18,24,26,33H,4,11-13,15H2,1-3H3,(H,36,37)(H2,30,31,38). The van der Waals surface area contributed by atoms with Gasteiger partial charge in [0.05, 0.1) is 30.1 Å². The Hall–Kier alpha value is -4.30. The number of hydrogen-bond donors (Lipinski definition) is 4. The van der Waals surface area contributed by atoms with Crippen molar-refractivity contribution in [2.75, 3.05) is 22.9 Å². The van der Waals surface area contributed by atoms with Crippen molar-refractivity contribution in [1.82, 2.24) is 19.8 Å². The number of likely N-dealkylation sites (tertiary alicyclic amines) is 1. The number of nitrogens with zero attached hydrogens (tertiary/aromatic N) is 3. The summed E-state index contributed by atoms with van der Waals surface area (Å²) in [6, 6.07) is 10.1. The van der Waals surface area contributed by atoms with E-state index in [1.54, 1.807) is 29.2 Å². The predicted molar refractivity (Wildman–Crippen MR) is 154 cm³/mol. The van der Waals surface area contributed by atoms with Gasteiger partial charge in [-0.3, -0.25) is 14.6 Å². The van der Waals surface area contributed by atoms with Gasteiger partial charge in [-0.2, -0.15) is 0 Å². The van der Waals surface area contributed by atoms with Crippen LogP contribution in [0.5, 0.6) is 0 Å². The smallest absolute Gasteiger partial charge is 0.323 e. The van der Waals surface area contributed by atoms with Crippen LogP contribution in [-0.2, 0) is 32.5 Å². The average molecular weight is 599 g/mol. The van der Waals surface area contributed by atoms with Crippen LogP contribution in [0.2, 0.25) is 0 Å². The van der Waals surface area contributed by atoms with E-state index in [1.165, 1.54) is 13.1 Å². The maximum atomic E-state index is 13.3. The zero-order valence-electron chi connectivity index (χ0n) is 23.5. The normalized spacial score (nSPS) is 17.5. The third-order valence-corrected chi connectivity index (χ3v) is 8.52. The van der Waals surface area contributed by atoms with Gasteiger partial charge in [-0.05, 0) is 49.9 Å². The van der Waals surface area contributed by atoms with Gasteiger partial charge in [0.2, 0.25) is 15.9 Å². The molecule has 3 unspecified atom stereocenters. The fraction of sp³-hybridized carbons (Fsp3) is 0.393. The Bertz CT molecular complexity index is 1540. The monoisotopic (exact) mass is 598 g/mol. The molecule has 0 spiro atoms. The third-order valence-electron chi connectivity index (χ3n) is 7.11. The highest BCUT2D eigenvalue weighted by Crippen LogP contribution is 2.37. The fourth-order valence-corrected chi connectivity index (χ4v) is 5.56. The van der Waals surface area contributed by atoms with Crippen molar-refractivity contribution in [3.8, 4) is 0 Å². The number of carbonyl (C=O) groups is 3. The Labute approximate surface area is 243 Å². The lowest BCUT2D eigenvalue weighted by atomic mass is 9.99. The molecule has 1 aliphatic heterocycles. The molecule has 42 heavy (non-hydrogen) atoms. The maximum absolute atomic E-state index is 13.3. The Morgan fingerprint density at radius 2 is 1.93 bits per heavy atom. The van der Waals surface area contributed by atoms with Crippen LogP contribution in [0.3, 0.4) is 0 Å². The third kappa shape index (κ3) is 7.70. The summed E-state index contributed by atoms with van der Waals surface area (Å²) in [6.07, 6.45) is 2.02. The molecule has 4 N–H and O–H groups in total. The molecule has 2 aromatic heterocycles. The number of hydrogen-bond acceptors (Lipinski definition) is 8. The number of aryl methyl sites for hydroxylation is 1. The van der Waals surface area contributed by atoms with Crippen molar-refractivity contribution in [1.29, 1.82) is 0 Å². The van der Waals surface area contributed by atoms with E-state index in [2.05, 4.69) is 25.5 Å². The van der Waals surface area contributed by atoms with Gasteiger partial charge >= 0.3 is 12.0 Å². The summed E-state index contributed by atoms with van der Waals surface area (Å²) < 4.78 is 31.3. The molecule has 3 heterocycles. The van der Waals surface area contributed by atoms with E-state index in [1.807, 2.05) is 32.0 Å². The molecule has 1 saturated heterocycles. The zero-order valence-corrected chi connectivity index (χ0v) is 24.3. The first-order chi connectivity index (χ1) is 20.0. The van der Waals surface area contributed by atoms with E-state index in [4.69, 9.17) is 4.52 Å². The second-order valence-corrected chi connectivity index (χ2v) is 12.3. The molecule has 13 nitrogen and oxygen atoms in total. The van der Waals surface area contributed by atoms with Gasteiger partial charge in [0.1, 0.15) is 17.5 Å². The van der Waals surface area contributed by atoms with Gasteiger partial charge in [0.25, 0.3) is 0 Å². The second kappa shape index (κ2) is 13.1. The van der Waals surface area contributed by atoms with Crippen molar-refractivity contribution in [3.63, 3.8) is 0 Å². The van der Waals surface area contributed by atoms with Crippen molar-refractivity contribution in [2.45, 2.75) is 52.1 Å². The van der Waals surface area contributed by atoms with Gasteiger partial charge in [0, 0.05) is 30.4 Å². The van der Waals surface area contributed by atoms with Crippen LogP contribution in [0, 0.1) is 12.8 Å². The molecule has 1 aliphatic rings. The molecule has 3 amide bonds. The van der Waals surface area contributed by atoms with E-state index in [9.17, 15) is 27.9 Å². The Morgan fingerprint density at radius 1 is 1.17 bits per heavy atom. The van der Waals surface area contributed by atoms with E-state index < -0.39 is 34.1 Å². The summed E-state index contributed by atoms with van der Waals surface area (Å²) in [4.78, 5) is 43.3. The van der Waals surface area contributed by atoms with Crippen LogP contribution in [0.15, 0.2) is 53.2 Å². The fourth-order valence-electron chi connectivity index (χ4n) is 4.78. The number of carboxylic acids is 1. The number of anilines is 2. The van der Waals surface area contributed by atoms with Gasteiger partial charge in [-0.1, -0.05) is 30.3 Å². The van der Waals surface area contributed by atoms with Crippen LogP contribution in [-0.4, -0.2) is 64.8 Å². The highest BCUT2D eigenvalue weighted by molar-refractivity contribution is 7.89. The topological polar surface area (TPSA) is 184 Å². The van der Waals surface area contributed by atoms with E-state index in [-0.39, 0.29) is 36.2 Å². The van der Waals surface area contributed by atoms with Gasteiger partial charge in [-0.15, -0.1) is 0 Å². The molecule has 14 heteroatoms. The lowest BCUT2D eigenvalue weighted by Crippen LogP contribution is -2.42. The van der Waals surface area contributed by atoms with Crippen LogP contribution in [0.1, 0.15) is 49.0 Å². The number of para-hydroxylation sites is 1. The van der Waals surface area contributed by atoms with Crippen molar-refractivity contribution in [3.05, 3.63) is 71.4 Å². The first-order valence-corrected chi connectivity index (χ1v) is 15.2. The minimum Gasteiger partial charge on any atom is -0.480 e. The van der Waals surface area contributed by atoms with E-state index in [0.29, 0.717) is 29.3 Å². The van der Waals surface area contributed by atoms with Gasteiger partial charge in [-0.25, -0.2) is 17.9 Å². The highest BCUT2D eigenvalue weighted by atomic mass is 32.2. The van der Waals surface area contributed by atoms with Crippen molar-refractivity contribution in [2.24, 2.45) is 5.92 Å². The molecule has 3 aromatic rings. The predicted octanol–water partition coefficient (Wildman–Crippen LogP) is 3.11. The molecule has 0 radical (unpaired) electrons. The van der Waals surface area contributed by atoms with Gasteiger partial charge < -0.3 is 25.2 Å². The average Bonchev–Trinajstić information content (AvgIpc) is 3.56. The first kappa shape index (κ1) is 30.7. The zero-order chi connectivity index (χ0) is 30.4. The van der Waals surface area contributed by atoms with Crippen LogP contribution in [0.25, 0.3) is 0 Å². The molecule has 0 saturated carbocycles. The van der Waals surface area contributed by atoms with E-state index in [0.717, 1.165) is 12.0 Å². The summed E-state index contributed by atoms with van der Waals surface area (Å²) in [5.41, 5.74) is 3.09. The second-order valence-electron chi connectivity index (χ2n) is 10.2. The summed E-state index contributed by atoms with van der Waals surface area (Å²) in [5, 5.41) is 19.1. The quantitative estimate of drug-likeness (QED) is 0.257. The number of amides is 3. The first-order valence-electron chi connectivity index (χ1n) is 13.5. The van der Waals surface area contributed by atoms with Crippen LogP contribution >= 0.6 is 0 Å². The summed E-state index contributed by atoms with van der Waals surface area (Å²) in [7, 11) is -3.75. The molecule has 0 bridgehead atoms. The number of urea groups is 1. The molecule has 4 rings (SSSR count). The number of nitrogens with one attached hydrogen (secondary N) is 3. The molecular weight excluding hydrogens is 564 g/mol. The number of carboxylic acid groups (broad SMARTS) is 1. The minimum absolute atomic E-state index is 0.0313. The number of pyridine rings is 1. The molecular formula is C28H34N6O7S. The number of sulfonamides is 1. The van der Waals surface area contributed by atoms with Crippen LogP contribution in [0.4, 0.5) is 16.2 Å². The van der Waals surface area contributed by atoms with Crippen LogP contribution < -0.4 is 15.4 Å². The molecule has 0 aliphatic carbocycles. The lowest BCUT2D eigenvalue weighted by Gasteiger charge is -2.25. The Kier molecular flexibility index (Phi) is 9.58. The lowest BCUT2D eigenvalue weighted by molar-refractivity contribution is -0.139. The van der Waals surface area contributed by atoms with Crippen molar-refractivity contribution < 1.29 is 32.4 Å².